The fourth-order valence-corrected chi connectivity index (χ4v) is 2.58. The van der Waals surface area contributed by atoms with Crippen LogP contribution in [0.4, 0.5) is 5.82 Å². The number of benzene rings is 1. The summed E-state index contributed by atoms with van der Waals surface area (Å²) in [4.78, 5) is 11.9. The molecular weight excluding hydrogens is 346 g/mol. The number of halogens is 1. The van der Waals surface area contributed by atoms with Gasteiger partial charge in [-0.2, -0.15) is 9.61 Å². The number of carbonyl (C=O) groups is 1. The van der Waals surface area contributed by atoms with Gasteiger partial charge in [-0.1, -0.05) is 23.7 Å². The Morgan fingerprint density at radius 2 is 2.00 bits per heavy atom. The predicted molar refractivity (Wildman–Crippen MR) is 92.3 cm³/mol. The van der Waals surface area contributed by atoms with Gasteiger partial charge < -0.3 is 15.2 Å². The summed E-state index contributed by atoms with van der Waals surface area (Å²) in [7, 11) is 1.56. The number of hydrogen-bond acceptors (Lipinski definition) is 7. The summed E-state index contributed by atoms with van der Waals surface area (Å²) >= 11 is 5.96. The van der Waals surface area contributed by atoms with Crippen molar-refractivity contribution in [3.63, 3.8) is 0 Å². The number of hydrogen-bond donors (Lipinski definition) is 1. The van der Waals surface area contributed by atoms with E-state index < -0.39 is 5.97 Å². The van der Waals surface area contributed by atoms with Crippen molar-refractivity contribution in [1.82, 2.24) is 19.8 Å². The molecule has 9 heteroatoms. The summed E-state index contributed by atoms with van der Waals surface area (Å²) < 4.78 is 11.5. The predicted octanol–water partition coefficient (Wildman–Crippen LogP) is 2.35. The Bertz CT molecular complexity index is 924. The second-order valence-corrected chi connectivity index (χ2v) is 5.59. The second-order valence-electron chi connectivity index (χ2n) is 5.15. The Hall–Kier alpha value is -2.71. The van der Waals surface area contributed by atoms with E-state index >= 15 is 0 Å². The van der Waals surface area contributed by atoms with Crippen molar-refractivity contribution < 1.29 is 14.3 Å². The lowest BCUT2D eigenvalue weighted by Crippen LogP contribution is -2.15. The monoisotopic (exact) mass is 361 g/mol. The van der Waals surface area contributed by atoms with E-state index in [-0.39, 0.29) is 24.7 Å². The SMILES string of the molecule is CCOC(=O)c1nnc2c(-c3ccc(Cl)cc3)c(COC)nn2c1N. The number of fused-ring (bicyclic) bond motifs is 1. The van der Waals surface area contributed by atoms with Crippen molar-refractivity contribution in [2.75, 3.05) is 19.5 Å². The van der Waals surface area contributed by atoms with Crippen LogP contribution >= 0.6 is 11.6 Å². The second kappa shape index (κ2) is 7.04. The zero-order valence-electron chi connectivity index (χ0n) is 13.7. The lowest BCUT2D eigenvalue weighted by Gasteiger charge is -2.05. The third kappa shape index (κ3) is 3.13. The molecule has 2 heterocycles. The maximum atomic E-state index is 11.9. The van der Waals surface area contributed by atoms with Crippen molar-refractivity contribution in [2.24, 2.45) is 0 Å². The van der Waals surface area contributed by atoms with Gasteiger partial charge in [0.2, 0.25) is 5.69 Å². The molecule has 2 N–H and O–H groups in total. The van der Waals surface area contributed by atoms with Gasteiger partial charge in [-0.05, 0) is 24.6 Å². The summed E-state index contributed by atoms with van der Waals surface area (Å²) in [5.74, 6) is -0.591. The van der Waals surface area contributed by atoms with E-state index in [0.29, 0.717) is 21.9 Å². The first-order valence-electron chi connectivity index (χ1n) is 7.52. The van der Waals surface area contributed by atoms with Crippen LogP contribution in [0.1, 0.15) is 23.1 Å². The van der Waals surface area contributed by atoms with Gasteiger partial charge in [-0.25, -0.2) is 4.79 Å². The van der Waals surface area contributed by atoms with E-state index in [9.17, 15) is 4.79 Å². The molecule has 0 aliphatic carbocycles. The Balaban J connectivity index is 2.22. The molecule has 0 saturated heterocycles. The molecule has 0 unspecified atom stereocenters. The van der Waals surface area contributed by atoms with Crippen LogP contribution in [0, 0.1) is 0 Å². The smallest absolute Gasteiger partial charge is 0.362 e. The molecule has 1 aromatic carbocycles. The van der Waals surface area contributed by atoms with Crippen LogP contribution in [0.25, 0.3) is 16.8 Å². The van der Waals surface area contributed by atoms with E-state index in [2.05, 4.69) is 15.3 Å². The van der Waals surface area contributed by atoms with Crippen LogP contribution in [-0.4, -0.2) is 39.5 Å². The third-order valence-corrected chi connectivity index (χ3v) is 3.78. The first-order valence-corrected chi connectivity index (χ1v) is 7.90. The van der Waals surface area contributed by atoms with Crippen molar-refractivity contribution in [2.45, 2.75) is 13.5 Å². The number of ether oxygens (including phenoxy) is 2. The lowest BCUT2D eigenvalue weighted by atomic mass is 10.1. The summed E-state index contributed by atoms with van der Waals surface area (Å²) in [6.07, 6.45) is 0. The number of nitrogens with zero attached hydrogens (tertiary/aromatic N) is 4. The molecular formula is C16H16ClN5O3. The van der Waals surface area contributed by atoms with Crippen LogP contribution in [0.2, 0.25) is 5.02 Å². The molecule has 0 spiro atoms. The molecule has 3 rings (SSSR count). The zero-order valence-corrected chi connectivity index (χ0v) is 14.4. The molecule has 0 amide bonds. The molecule has 0 aliphatic heterocycles. The first-order chi connectivity index (χ1) is 12.1. The van der Waals surface area contributed by atoms with Gasteiger partial charge in [0.15, 0.2) is 11.5 Å². The molecule has 0 bridgehead atoms. The van der Waals surface area contributed by atoms with Gasteiger partial charge in [0.1, 0.15) is 0 Å². The quantitative estimate of drug-likeness (QED) is 0.695. The van der Waals surface area contributed by atoms with Gasteiger partial charge in [-0.3, -0.25) is 0 Å². The molecule has 3 aromatic rings. The van der Waals surface area contributed by atoms with E-state index in [0.717, 1.165) is 5.56 Å². The Morgan fingerprint density at radius 3 is 2.64 bits per heavy atom. The number of esters is 1. The average Bonchev–Trinajstić information content (AvgIpc) is 2.96. The summed E-state index contributed by atoms with van der Waals surface area (Å²) in [6.45, 7) is 2.15. The van der Waals surface area contributed by atoms with Crippen molar-refractivity contribution >= 4 is 29.0 Å². The number of rotatable bonds is 5. The molecule has 0 saturated carbocycles. The highest BCUT2D eigenvalue weighted by Crippen LogP contribution is 2.30. The average molecular weight is 362 g/mol. The number of nitrogen functional groups attached to an aromatic ring is 1. The fourth-order valence-electron chi connectivity index (χ4n) is 2.46. The maximum absolute atomic E-state index is 11.9. The normalized spacial score (nSPS) is 11.0. The van der Waals surface area contributed by atoms with Crippen LogP contribution in [0.3, 0.4) is 0 Å². The topological polar surface area (TPSA) is 105 Å². The number of nitrogens with two attached hydrogens (primary N) is 1. The van der Waals surface area contributed by atoms with Gasteiger partial charge >= 0.3 is 5.97 Å². The Kier molecular flexibility index (Phi) is 4.82. The molecule has 2 aromatic heterocycles. The van der Waals surface area contributed by atoms with E-state index in [1.165, 1.54) is 4.52 Å². The molecule has 0 radical (unpaired) electrons. The lowest BCUT2D eigenvalue weighted by molar-refractivity contribution is 0.0519. The number of carbonyl (C=O) groups excluding carboxylic acids is 1. The summed E-state index contributed by atoms with van der Waals surface area (Å²) in [6, 6.07) is 7.22. The van der Waals surface area contributed by atoms with Crippen LogP contribution in [0.5, 0.6) is 0 Å². The number of anilines is 1. The molecule has 0 fully saturated rings. The molecule has 0 atom stereocenters. The molecule has 130 valence electrons. The van der Waals surface area contributed by atoms with E-state index in [4.69, 9.17) is 26.8 Å². The van der Waals surface area contributed by atoms with Crippen molar-refractivity contribution in [1.29, 1.82) is 0 Å². The van der Waals surface area contributed by atoms with E-state index in [1.807, 2.05) is 12.1 Å². The molecule has 0 aliphatic rings. The van der Waals surface area contributed by atoms with Gasteiger partial charge in [-0.15, -0.1) is 10.2 Å². The van der Waals surface area contributed by atoms with Gasteiger partial charge in [0.25, 0.3) is 0 Å². The number of methoxy groups -OCH3 is 1. The first kappa shape index (κ1) is 17.1. The van der Waals surface area contributed by atoms with Crippen LogP contribution < -0.4 is 5.73 Å². The minimum absolute atomic E-state index is 0.0565. The third-order valence-electron chi connectivity index (χ3n) is 3.53. The maximum Gasteiger partial charge on any atom is 0.362 e. The van der Waals surface area contributed by atoms with Gasteiger partial charge in [0, 0.05) is 12.1 Å². The summed E-state index contributed by atoms with van der Waals surface area (Å²) in [5, 5.41) is 13.1. The highest BCUT2D eigenvalue weighted by atomic mass is 35.5. The van der Waals surface area contributed by atoms with Crippen molar-refractivity contribution in [3.8, 4) is 11.1 Å². The number of aromatic nitrogens is 4. The van der Waals surface area contributed by atoms with Gasteiger partial charge in [0.05, 0.1) is 24.5 Å². The summed E-state index contributed by atoms with van der Waals surface area (Å²) in [5.41, 5.74) is 8.57. The highest BCUT2D eigenvalue weighted by Gasteiger charge is 2.23. The minimum Gasteiger partial charge on any atom is -0.461 e. The van der Waals surface area contributed by atoms with Crippen molar-refractivity contribution in [3.05, 3.63) is 40.7 Å². The van der Waals surface area contributed by atoms with Crippen LogP contribution in [-0.2, 0) is 16.1 Å². The minimum atomic E-state index is -0.647. The Morgan fingerprint density at radius 1 is 1.28 bits per heavy atom. The van der Waals surface area contributed by atoms with E-state index in [1.54, 1.807) is 26.2 Å². The fraction of sp³-hybridized carbons (Fsp3) is 0.250. The van der Waals surface area contributed by atoms with Crippen LogP contribution in [0.15, 0.2) is 24.3 Å². The Labute approximate surface area is 148 Å². The zero-order chi connectivity index (χ0) is 18.0. The largest absolute Gasteiger partial charge is 0.461 e. The molecule has 8 nitrogen and oxygen atoms in total. The highest BCUT2D eigenvalue weighted by molar-refractivity contribution is 6.30. The standard InChI is InChI=1S/C16H16ClN5O3/c1-3-25-16(23)13-14(18)22-15(20-19-13)12(11(21-22)8-24-2)9-4-6-10(17)7-5-9/h4-7H,3,8,18H2,1-2H3. The molecule has 25 heavy (non-hydrogen) atoms.